The number of nitrogens with zero attached hydrogens (tertiary/aromatic N) is 2. The summed E-state index contributed by atoms with van der Waals surface area (Å²) in [7, 11) is -3.18. The molecule has 0 atom stereocenters. The van der Waals surface area contributed by atoms with Gasteiger partial charge in [0.25, 0.3) is 0 Å². The molecule has 4 nitrogen and oxygen atoms in total. The molecular weight excluding hydrogens is 236 g/mol. The van der Waals surface area contributed by atoms with Crippen molar-refractivity contribution in [1.29, 1.82) is 0 Å². The topological polar surface area (TPSA) is 40.6 Å². The van der Waals surface area contributed by atoms with E-state index in [1.54, 1.807) is 0 Å². The van der Waals surface area contributed by atoms with Gasteiger partial charge in [0.15, 0.2) is 0 Å². The van der Waals surface area contributed by atoms with E-state index in [0.717, 1.165) is 17.9 Å². The molecule has 0 saturated carbocycles. The number of para-hydroxylation sites is 2. The molecule has 0 radical (unpaired) electrons. The largest absolute Gasteiger partial charge is 0.366 e. The van der Waals surface area contributed by atoms with E-state index in [2.05, 4.69) is 18.7 Å². The molecule has 1 aliphatic heterocycles. The highest BCUT2D eigenvalue weighted by Gasteiger charge is 2.28. The van der Waals surface area contributed by atoms with Crippen LogP contribution in [0.1, 0.15) is 13.8 Å². The Hall–Kier alpha value is -1.23. The van der Waals surface area contributed by atoms with Gasteiger partial charge >= 0.3 is 0 Å². The third kappa shape index (κ3) is 2.24. The molecule has 0 aliphatic carbocycles. The van der Waals surface area contributed by atoms with Gasteiger partial charge in [-0.25, -0.2) is 8.42 Å². The van der Waals surface area contributed by atoms with Crippen LogP contribution in [0.5, 0.6) is 0 Å². The van der Waals surface area contributed by atoms with Gasteiger partial charge in [-0.1, -0.05) is 12.1 Å². The van der Waals surface area contributed by atoms with E-state index in [1.165, 1.54) is 10.6 Å². The van der Waals surface area contributed by atoms with Gasteiger partial charge in [0.1, 0.15) is 0 Å². The lowest BCUT2D eigenvalue weighted by atomic mass is 10.1. The summed E-state index contributed by atoms with van der Waals surface area (Å²) in [4.78, 5) is 2.23. The number of fused-ring (bicyclic) bond motifs is 1. The Bertz CT molecular complexity index is 511. The molecule has 2 rings (SSSR count). The van der Waals surface area contributed by atoms with Crippen LogP contribution in [0.3, 0.4) is 0 Å². The summed E-state index contributed by atoms with van der Waals surface area (Å²) in [6, 6.07) is 8.04. The van der Waals surface area contributed by atoms with Gasteiger partial charge in [-0.05, 0) is 26.0 Å². The Kier molecular flexibility index (Phi) is 3.03. The van der Waals surface area contributed by atoms with Crippen molar-refractivity contribution in [3.8, 4) is 0 Å². The Morgan fingerprint density at radius 2 is 1.71 bits per heavy atom. The van der Waals surface area contributed by atoms with E-state index in [0.29, 0.717) is 12.6 Å². The van der Waals surface area contributed by atoms with E-state index >= 15 is 0 Å². The van der Waals surface area contributed by atoms with Crippen molar-refractivity contribution in [3.05, 3.63) is 24.3 Å². The van der Waals surface area contributed by atoms with Crippen LogP contribution in [0.25, 0.3) is 0 Å². The fourth-order valence-corrected chi connectivity index (χ4v) is 3.16. The second-order valence-corrected chi connectivity index (χ2v) is 6.52. The van der Waals surface area contributed by atoms with Gasteiger partial charge in [-0.3, -0.25) is 4.31 Å². The van der Waals surface area contributed by atoms with Gasteiger partial charge in [-0.15, -0.1) is 0 Å². The standard InChI is InChI=1S/C12H18N2O2S/c1-10(2)13-8-9-14(17(3,15)16)12-7-5-4-6-11(12)13/h4-7,10H,8-9H2,1-3H3. The van der Waals surface area contributed by atoms with Crippen LogP contribution in [0.4, 0.5) is 11.4 Å². The number of hydrogen-bond donors (Lipinski definition) is 0. The van der Waals surface area contributed by atoms with Crippen molar-refractivity contribution in [2.24, 2.45) is 0 Å². The number of hydrogen-bond acceptors (Lipinski definition) is 3. The number of anilines is 2. The van der Waals surface area contributed by atoms with Crippen LogP contribution in [0.2, 0.25) is 0 Å². The molecule has 0 fully saturated rings. The Morgan fingerprint density at radius 3 is 2.24 bits per heavy atom. The van der Waals surface area contributed by atoms with Gasteiger partial charge in [0.05, 0.1) is 24.2 Å². The third-order valence-corrected chi connectivity index (χ3v) is 4.21. The van der Waals surface area contributed by atoms with Crippen molar-refractivity contribution < 1.29 is 8.42 Å². The minimum absolute atomic E-state index is 0.373. The Balaban J connectivity index is 2.51. The van der Waals surface area contributed by atoms with E-state index < -0.39 is 10.0 Å². The molecule has 1 heterocycles. The SMILES string of the molecule is CC(C)N1CCN(S(C)(=O)=O)c2ccccc21. The fraction of sp³-hybridized carbons (Fsp3) is 0.500. The molecule has 0 N–H and O–H groups in total. The van der Waals surface area contributed by atoms with E-state index in [-0.39, 0.29) is 0 Å². The van der Waals surface area contributed by atoms with Gasteiger partial charge in [0, 0.05) is 12.6 Å². The fourth-order valence-electron chi connectivity index (χ4n) is 2.24. The monoisotopic (exact) mass is 254 g/mol. The highest BCUT2D eigenvalue weighted by atomic mass is 32.2. The quantitative estimate of drug-likeness (QED) is 0.806. The summed E-state index contributed by atoms with van der Waals surface area (Å²) in [5, 5.41) is 0. The maximum Gasteiger partial charge on any atom is 0.232 e. The van der Waals surface area contributed by atoms with Crippen molar-refractivity contribution in [2.75, 3.05) is 28.6 Å². The van der Waals surface area contributed by atoms with E-state index in [9.17, 15) is 8.42 Å². The minimum Gasteiger partial charge on any atom is -0.366 e. The summed E-state index contributed by atoms with van der Waals surface area (Å²) in [5.41, 5.74) is 1.79. The van der Waals surface area contributed by atoms with Crippen LogP contribution in [0, 0.1) is 0 Å². The molecule has 5 heteroatoms. The van der Waals surface area contributed by atoms with Crippen LogP contribution in [0.15, 0.2) is 24.3 Å². The minimum atomic E-state index is -3.18. The van der Waals surface area contributed by atoms with Gasteiger partial charge in [-0.2, -0.15) is 0 Å². The zero-order valence-corrected chi connectivity index (χ0v) is 11.2. The van der Waals surface area contributed by atoms with E-state index in [4.69, 9.17) is 0 Å². The van der Waals surface area contributed by atoms with Crippen molar-refractivity contribution >= 4 is 21.4 Å². The van der Waals surface area contributed by atoms with Crippen molar-refractivity contribution in [1.82, 2.24) is 0 Å². The maximum atomic E-state index is 11.7. The molecular formula is C12H18N2O2S. The summed E-state index contributed by atoms with van der Waals surface area (Å²) < 4.78 is 25.0. The molecule has 0 amide bonds. The Morgan fingerprint density at radius 1 is 1.12 bits per heavy atom. The molecule has 0 aromatic heterocycles. The summed E-state index contributed by atoms with van der Waals surface area (Å²) in [6.45, 7) is 5.50. The Labute approximate surface area is 103 Å². The molecule has 0 saturated heterocycles. The average molecular weight is 254 g/mol. The highest BCUT2D eigenvalue weighted by Crippen LogP contribution is 2.35. The summed E-state index contributed by atoms with van der Waals surface area (Å²) >= 11 is 0. The molecule has 0 bridgehead atoms. The molecule has 0 spiro atoms. The van der Waals surface area contributed by atoms with E-state index in [1.807, 2.05) is 24.3 Å². The maximum absolute atomic E-state index is 11.7. The van der Waals surface area contributed by atoms with Crippen molar-refractivity contribution in [3.63, 3.8) is 0 Å². The highest BCUT2D eigenvalue weighted by molar-refractivity contribution is 7.92. The first-order chi connectivity index (χ1) is 7.91. The number of benzene rings is 1. The second-order valence-electron chi connectivity index (χ2n) is 4.61. The predicted molar refractivity (Wildman–Crippen MR) is 71.1 cm³/mol. The molecule has 1 aromatic rings. The number of rotatable bonds is 2. The van der Waals surface area contributed by atoms with Crippen LogP contribution in [-0.4, -0.2) is 33.8 Å². The molecule has 94 valence electrons. The molecule has 17 heavy (non-hydrogen) atoms. The first kappa shape index (κ1) is 12.2. The lowest BCUT2D eigenvalue weighted by Gasteiger charge is -2.39. The predicted octanol–water partition coefficient (Wildman–Crippen LogP) is 1.68. The molecule has 1 aliphatic rings. The molecule has 1 aromatic carbocycles. The molecule has 0 unspecified atom stereocenters. The normalized spacial score (nSPS) is 16.2. The van der Waals surface area contributed by atoms with Crippen LogP contribution < -0.4 is 9.21 Å². The summed E-state index contributed by atoms with van der Waals surface area (Å²) in [6.07, 6.45) is 1.26. The zero-order chi connectivity index (χ0) is 12.6. The smallest absolute Gasteiger partial charge is 0.232 e. The third-order valence-electron chi connectivity index (χ3n) is 3.03. The second kappa shape index (κ2) is 4.22. The first-order valence-electron chi connectivity index (χ1n) is 5.74. The summed E-state index contributed by atoms with van der Waals surface area (Å²) in [5.74, 6) is 0. The average Bonchev–Trinajstić information content (AvgIpc) is 2.26. The number of sulfonamides is 1. The zero-order valence-electron chi connectivity index (χ0n) is 10.4. The van der Waals surface area contributed by atoms with Crippen LogP contribution in [-0.2, 0) is 10.0 Å². The van der Waals surface area contributed by atoms with Gasteiger partial charge in [0.2, 0.25) is 10.0 Å². The van der Waals surface area contributed by atoms with Crippen molar-refractivity contribution in [2.45, 2.75) is 19.9 Å². The first-order valence-corrected chi connectivity index (χ1v) is 7.59. The lowest BCUT2D eigenvalue weighted by Crippen LogP contribution is -2.46. The van der Waals surface area contributed by atoms with Crippen LogP contribution >= 0.6 is 0 Å². The van der Waals surface area contributed by atoms with Gasteiger partial charge < -0.3 is 4.90 Å². The lowest BCUT2D eigenvalue weighted by molar-refractivity contribution is 0.590.